The number of likely N-dealkylation sites (N-methyl/N-ethyl adjacent to an activating group) is 1. The molecule has 0 N–H and O–H groups in total. The van der Waals surface area contributed by atoms with E-state index in [1.807, 2.05) is 87.4 Å². The maximum atomic E-state index is 12.9. The van der Waals surface area contributed by atoms with Crippen molar-refractivity contribution >= 4 is 11.5 Å². The van der Waals surface area contributed by atoms with Crippen LogP contribution < -0.4 is 0 Å². The zero-order chi connectivity index (χ0) is 28.3. The van der Waals surface area contributed by atoms with Gasteiger partial charge in [0.1, 0.15) is 0 Å². The second kappa shape index (κ2) is 19.8. The molecule has 3 nitrogen and oxygen atoms in total. The lowest BCUT2D eigenvalue weighted by Gasteiger charge is -2.31. The highest BCUT2D eigenvalue weighted by Crippen LogP contribution is 2.48. The Morgan fingerprint density at radius 3 is 1.97 bits per heavy atom. The van der Waals surface area contributed by atoms with Gasteiger partial charge in [0.25, 0.3) is 0 Å². The summed E-state index contributed by atoms with van der Waals surface area (Å²) in [5.41, 5.74) is 4.70. The molecule has 0 radical (unpaired) electrons. The van der Waals surface area contributed by atoms with Crippen LogP contribution in [-0.4, -0.2) is 30.1 Å². The van der Waals surface area contributed by atoms with Crippen LogP contribution in [0.4, 0.5) is 0 Å². The average Bonchev–Trinajstić information content (AvgIpc) is 3.47. The molecular formula is C33H55NO2. The summed E-state index contributed by atoms with van der Waals surface area (Å²) in [7, 11) is 2.11. The molecule has 0 bridgehead atoms. The third kappa shape index (κ3) is 8.62. The third-order valence-electron chi connectivity index (χ3n) is 5.77. The smallest absolute Gasteiger partial charge is 0.339 e. The molecular weight excluding hydrogens is 442 g/mol. The average molecular weight is 498 g/mol. The zero-order valence-corrected chi connectivity index (χ0v) is 25.7. The van der Waals surface area contributed by atoms with Gasteiger partial charge in [-0.1, -0.05) is 125 Å². The van der Waals surface area contributed by atoms with E-state index >= 15 is 0 Å². The molecule has 2 aromatic rings. The number of hydrogen-bond donors (Lipinski definition) is 0. The van der Waals surface area contributed by atoms with Crippen molar-refractivity contribution in [3.05, 3.63) is 76.9 Å². The van der Waals surface area contributed by atoms with Crippen LogP contribution in [0, 0.1) is 6.92 Å². The molecule has 3 heteroatoms. The number of hydrogen-bond acceptors (Lipinski definition) is 3. The highest BCUT2D eigenvalue weighted by atomic mass is 16.6. The molecule has 4 rings (SSSR count). The number of rotatable bonds is 3. The van der Waals surface area contributed by atoms with E-state index in [-0.39, 0.29) is 12.0 Å². The molecule has 2 heterocycles. The summed E-state index contributed by atoms with van der Waals surface area (Å²) >= 11 is 0. The number of aryl methyl sites for hydroxylation is 2. The van der Waals surface area contributed by atoms with Crippen LogP contribution >= 0.6 is 0 Å². The molecule has 0 saturated carbocycles. The molecule has 204 valence electrons. The van der Waals surface area contributed by atoms with Crippen LogP contribution in [-0.2, 0) is 16.0 Å². The molecule has 0 amide bonds. The fourth-order valence-electron chi connectivity index (χ4n) is 4.35. The minimum Gasteiger partial charge on any atom is -0.449 e. The fraction of sp³-hybridized carbons (Fsp3) is 0.545. The van der Waals surface area contributed by atoms with E-state index in [0.29, 0.717) is 5.57 Å². The Kier molecular flexibility index (Phi) is 19.6. The van der Waals surface area contributed by atoms with Gasteiger partial charge in [-0.2, -0.15) is 0 Å². The Labute approximate surface area is 224 Å². The Morgan fingerprint density at radius 1 is 0.889 bits per heavy atom. The summed E-state index contributed by atoms with van der Waals surface area (Å²) < 4.78 is 6.07. The highest BCUT2D eigenvalue weighted by Gasteiger charge is 2.52. The first kappa shape index (κ1) is 35.8. The number of nitrogens with zero attached hydrogens (tertiary/aromatic N) is 1. The Morgan fingerprint density at radius 2 is 1.44 bits per heavy atom. The molecule has 0 unspecified atom stereocenters. The predicted molar refractivity (Wildman–Crippen MR) is 161 cm³/mol. The lowest BCUT2D eigenvalue weighted by atomic mass is 9.87. The minimum absolute atomic E-state index is 0.0554. The quantitative estimate of drug-likeness (QED) is 0.395. The molecule has 2 aromatic carbocycles. The molecule has 2 aliphatic rings. The number of carbonyl (C=O) groups excluding carboxylic acids is 1. The van der Waals surface area contributed by atoms with Crippen LogP contribution in [0.1, 0.15) is 111 Å². The van der Waals surface area contributed by atoms with Crippen molar-refractivity contribution in [3.63, 3.8) is 0 Å². The normalized spacial score (nSPS) is 19.3. The number of likely N-dealkylation sites (tertiary alicyclic amines) is 1. The van der Waals surface area contributed by atoms with Crippen LogP contribution in [0.5, 0.6) is 0 Å². The van der Waals surface area contributed by atoms with Gasteiger partial charge in [0.15, 0.2) is 5.60 Å². The monoisotopic (exact) mass is 497 g/mol. The molecule has 0 aliphatic carbocycles. The summed E-state index contributed by atoms with van der Waals surface area (Å²) in [4.78, 5) is 15.2. The van der Waals surface area contributed by atoms with Crippen molar-refractivity contribution in [1.82, 2.24) is 4.90 Å². The van der Waals surface area contributed by atoms with E-state index in [0.717, 1.165) is 30.5 Å². The van der Waals surface area contributed by atoms with Gasteiger partial charge in [-0.25, -0.2) is 4.79 Å². The topological polar surface area (TPSA) is 29.5 Å². The first-order chi connectivity index (χ1) is 17.5. The summed E-state index contributed by atoms with van der Waals surface area (Å²) in [5.74, 6) is -0.197. The SMILES string of the molecule is CC.CC.CC.CC.CC.CCc1ccc(C)c(C2=C[C@@]3(CCN(C)[C@H]3c3ccccc3)OC2=O)c1. The number of benzene rings is 2. The van der Waals surface area contributed by atoms with E-state index in [1.54, 1.807) is 0 Å². The van der Waals surface area contributed by atoms with Crippen LogP contribution in [0.2, 0.25) is 0 Å². The molecule has 0 aromatic heterocycles. The van der Waals surface area contributed by atoms with Gasteiger partial charge in [0, 0.05) is 13.0 Å². The summed E-state index contributed by atoms with van der Waals surface area (Å²) in [5, 5.41) is 0. The Balaban J connectivity index is 0. The first-order valence-corrected chi connectivity index (χ1v) is 14.4. The molecule has 2 atom stereocenters. The van der Waals surface area contributed by atoms with Gasteiger partial charge in [0.05, 0.1) is 11.6 Å². The Bertz CT molecular complexity index is 873. The van der Waals surface area contributed by atoms with Crippen molar-refractivity contribution in [2.75, 3.05) is 13.6 Å². The van der Waals surface area contributed by atoms with Gasteiger partial charge in [-0.3, -0.25) is 4.90 Å². The molecule has 1 saturated heterocycles. The number of carbonyl (C=O) groups is 1. The zero-order valence-electron chi connectivity index (χ0n) is 25.7. The van der Waals surface area contributed by atoms with Crippen LogP contribution in [0.3, 0.4) is 0 Å². The second-order valence-corrected chi connectivity index (χ2v) is 7.45. The highest BCUT2D eigenvalue weighted by molar-refractivity contribution is 6.19. The molecule has 1 fully saturated rings. The van der Waals surface area contributed by atoms with Crippen molar-refractivity contribution in [3.8, 4) is 0 Å². The maximum absolute atomic E-state index is 12.9. The van der Waals surface area contributed by atoms with E-state index in [1.165, 1.54) is 11.1 Å². The summed E-state index contributed by atoms with van der Waals surface area (Å²) in [6.07, 6.45) is 3.87. The predicted octanol–water partition coefficient (Wildman–Crippen LogP) is 9.44. The fourth-order valence-corrected chi connectivity index (χ4v) is 4.35. The maximum Gasteiger partial charge on any atom is 0.339 e. The van der Waals surface area contributed by atoms with E-state index in [9.17, 15) is 4.79 Å². The molecule has 2 aliphatic heterocycles. The largest absolute Gasteiger partial charge is 0.449 e. The van der Waals surface area contributed by atoms with Crippen molar-refractivity contribution in [1.29, 1.82) is 0 Å². The van der Waals surface area contributed by atoms with Gasteiger partial charge in [-0.05, 0) is 48.7 Å². The van der Waals surface area contributed by atoms with Crippen molar-refractivity contribution < 1.29 is 9.53 Å². The number of esters is 1. The van der Waals surface area contributed by atoms with Gasteiger partial charge in [-0.15, -0.1) is 0 Å². The standard InChI is InChI=1S/C23H25NO2.5C2H6/c1-4-17-11-10-16(2)19(14-17)20-15-23(26-22(20)25)12-13-24(3)21(23)18-8-6-5-7-9-18;5*1-2/h5-11,14-15,21H,4,12-13H2,1-3H3;5*1-2H3/t21-,23+;;;;;/m0...../s1. The van der Waals surface area contributed by atoms with Crippen molar-refractivity contribution in [2.45, 2.75) is 108 Å². The summed E-state index contributed by atoms with van der Waals surface area (Å²) in [6.45, 7) is 25.1. The second-order valence-electron chi connectivity index (χ2n) is 7.45. The number of ether oxygens (including phenoxy) is 1. The van der Waals surface area contributed by atoms with Crippen LogP contribution in [0.25, 0.3) is 5.57 Å². The molecule has 36 heavy (non-hydrogen) atoms. The van der Waals surface area contributed by atoms with E-state index in [4.69, 9.17) is 4.74 Å². The van der Waals surface area contributed by atoms with E-state index < -0.39 is 5.60 Å². The van der Waals surface area contributed by atoms with Crippen LogP contribution in [0.15, 0.2) is 54.6 Å². The lowest BCUT2D eigenvalue weighted by Crippen LogP contribution is -2.35. The lowest BCUT2D eigenvalue weighted by molar-refractivity contribution is -0.146. The van der Waals surface area contributed by atoms with Gasteiger partial charge >= 0.3 is 5.97 Å². The van der Waals surface area contributed by atoms with Gasteiger partial charge < -0.3 is 4.74 Å². The van der Waals surface area contributed by atoms with E-state index in [2.05, 4.69) is 62.2 Å². The summed E-state index contributed by atoms with van der Waals surface area (Å²) in [6, 6.07) is 16.8. The Hall–Kier alpha value is -2.39. The third-order valence-corrected chi connectivity index (χ3v) is 5.77. The van der Waals surface area contributed by atoms with Gasteiger partial charge in [0.2, 0.25) is 0 Å². The minimum atomic E-state index is -0.572. The van der Waals surface area contributed by atoms with Crippen molar-refractivity contribution in [2.24, 2.45) is 0 Å². The first-order valence-electron chi connectivity index (χ1n) is 14.4. The molecule has 1 spiro atoms.